The highest BCUT2D eigenvalue weighted by Gasteiger charge is 2.07. The monoisotopic (exact) mass is 416 g/mol. The first-order valence-corrected chi connectivity index (χ1v) is 9.85. The molecule has 0 fully saturated rings. The maximum absolute atomic E-state index is 5.98. The van der Waals surface area contributed by atoms with Crippen molar-refractivity contribution in [3.63, 3.8) is 0 Å². The molecule has 0 aliphatic rings. The molecule has 4 aromatic rings. The van der Waals surface area contributed by atoms with Crippen LogP contribution in [0.15, 0.2) is 90.0 Å². The highest BCUT2D eigenvalue weighted by atomic mass is 32.1. The van der Waals surface area contributed by atoms with Crippen molar-refractivity contribution >= 4 is 18.4 Å². The first-order chi connectivity index (χ1) is 14.8. The van der Waals surface area contributed by atoms with Crippen LogP contribution in [0.5, 0.6) is 11.5 Å². The molecule has 4 rings (SSSR count). The Morgan fingerprint density at radius 3 is 2.37 bits per heavy atom. The van der Waals surface area contributed by atoms with Crippen LogP contribution in [0.25, 0.3) is 0 Å². The van der Waals surface area contributed by atoms with Crippen LogP contribution in [-0.4, -0.2) is 21.1 Å². The van der Waals surface area contributed by atoms with E-state index in [0.717, 1.165) is 22.6 Å². The van der Waals surface area contributed by atoms with E-state index in [1.807, 2.05) is 84.9 Å². The van der Waals surface area contributed by atoms with E-state index in [0.29, 0.717) is 17.2 Å². The molecule has 1 N–H and O–H groups in total. The summed E-state index contributed by atoms with van der Waals surface area (Å²) < 4.78 is 13.7. The Morgan fingerprint density at radius 1 is 0.867 bits per heavy atom. The summed E-state index contributed by atoms with van der Waals surface area (Å²) in [5, 5.41) is 11.5. The lowest BCUT2D eigenvalue weighted by atomic mass is 10.2. The summed E-state index contributed by atoms with van der Waals surface area (Å²) in [5.74, 6) is 2.06. The minimum absolute atomic E-state index is 0.237. The third-order valence-corrected chi connectivity index (χ3v) is 4.56. The molecule has 6 nitrogen and oxygen atoms in total. The van der Waals surface area contributed by atoms with Crippen LogP contribution in [0.3, 0.4) is 0 Å². The van der Waals surface area contributed by atoms with Crippen molar-refractivity contribution in [3.8, 4) is 11.5 Å². The predicted octanol–water partition coefficient (Wildman–Crippen LogP) is 4.98. The molecule has 0 unspecified atom stereocenters. The quantitative estimate of drug-likeness (QED) is 0.325. The minimum Gasteiger partial charge on any atom is -0.488 e. The Hall–Kier alpha value is -3.71. The average Bonchev–Trinajstić information content (AvgIpc) is 3.16. The van der Waals surface area contributed by atoms with Gasteiger partial charge < -0.3 is 9.47 Å². The maximum Gasteiger partial charge on any atom is 0.216 e. The van der Waals surface area contributed by atoms with E-state index < -0.39 is 0 Å². The Balaban J connectivity index is 1.49. The fourth-order valence-corrected chi connectivity index (χ4v) is 2.97. The van der Waals surface area contributed by atoms with E-state index in [9.17, 15) is 0 Å². The van der Waals surface area contributed by atoms with Crippen LogP contribution in [0.1, 0.15) is 17.0 Å². The van der Waals surface area contributed by atoms with Crippen molar-refractivity contribution in [2.45, 2.75) is 13.2 Å². The fourth-order valence-electron chi connectivity index (χ4n) is 2.78. The zero-order chi connectivity index (χ0) is 20.6. The number of ether oxygens (including phenoxy) is 2. The van der Waals surface area contributed by atoms with Gasteiger partial charge in [-0.25, -0.2) is 5.10 Å². The molecule has 0 atom stereocenters. The van der Waals surface area contributed by atoms with Gasteiger partial charge in [-0.2, -0.15) is 14.9 Å². The first-order valence-electron chi connectivity index (χ1n) is 9.44. The number of hydrogen-bond acceptors (Lipinski definition) is 5. The van der Waals surface area contributed by atoms with Gasteiger partial charge in [0, 0.05) is 5.56 Å². The number of H-pyrrole nitrogens is 1. The summed E-state index contributed by atoms with van der Waals surface area (Å²) in [6, 6.07) is 27.3. The predicted molar refractivity (Wildman–Crippen MR) is 118 cm³/mol. The number of hydrogen-bond donors (Lipinski definition) is 1. The van der Waals surface area contributed by atoms with Gasteiger partial charge in [0.1, 0.15) is 24.7 Å². The number of aromatic nitrogens is 3. The lowest BCUT2D eigenvalue weighted by molar-refractivity contribution is 0.290. The van der Waals surface area contributed by atoms with E-state index in [1.54, 1.807) is 10.9 Å². The molecular weight excluding hydrogens is 396 g/mol. The van der Waals surface area contributed by atoms with Crippen molar-refractivity contribution in [2.75, 3.05) is 0 Å². The van der Waals surface area contributed by atoms with Crippen LogP contribution in [0.2, 0.25) is 0 Å². The number of nitrogens with one attached hydrogen (secondary N) is 1. The van der Waals surface area contributed by atoms with Crippen molar-refractivity contribution < 1.29 is 9.47 Å². The highest BCUT2D eigenvalue weighted by molar-refractivity contribution is 7.71. The minimum atomic E-state index is 0.237. The van der Waals surface area contributed by atoms with Crippen LogP contribution >= 0.6 is 12.2 Å². The lowest BCUT2D eigenvalue weighted by Gasteiger charge is -2.09. The third-order valence-electron chi connectivity index (χ3n) is 4.30. The van der Waals surface area contributed by atoms with Gasteiger partial charge in [-0.05, 0) is 42.0 Å². The summed E-state index contributed by atoms with van der Waals surface area (Å²) in [7, 11) is 0. The van der Waals surface area contributed by atoms with Crippen LogP contribution < -0.4 is 9.47 Å². The molecule has 0 saturated heterocycles. The zero-order valence-corrected chi connectivity index (χ0v) is 17.0. The van der Waals surface area contributed by atoms with E-state index in [2.05, 4.69) is 15.3 Å². The van der Waals surface area contributed by atoms with Gasteiger partial charge >= 0.3 is 0 Å². The second kappa shape index (κ2) is 9.67. The molecule has 0 amide bonds. The van der Waals surface area contributed by atoms with E-state index in [4.69, 9.17) is 21.7 Å². The van der Waals surface area contributed by atoms with Gasteiger partial charge in [0.2, 0.25) is 4.77 Å². The van der Waals surface area contributed by atoms with Gasteiger partial charge in [-0.15, -0.1) is 0 Å². The largest absolute Gasteiger partial charge is 0.488 e. The van der Waals surface area contributed by atoms with Crippen molar-refractivity contribution in [2.24, 2.45) is 5.10 Å². The van der Waals surface area contributed by atoms with Gasteiger partial charge in [0.25, 0.3) is 0 Å². The molecular formula is C23H20N4O2S. The summed E-state index contributed by atoms with van der Waals surface area (Å²) in [6.45, 7) is 0.716. The third kappa shape index (κ3) is 5.01. The Morgan fingerprint density at radius 2 is 1.57 bits per heavy atom. The number of nitrogens with zero attached hydrogens (tertiary/aromatic N) is 3. The molecule has 0 saturated carbocycles. The normalized spacial score (nSPS) is 10.9. The van der Waals surface area contributed by atoms with Gasteiger partial charge in [0.15, 0.2) is 5.82 Å². The highest BCUT2D eigenvalue weighted by Crippen LogP contribution is 2.18. The molecule has 7 heteroatoms. The van der Waals surface area contributed by atoms with Crippen LogP contribution in [0, 0.1) is 4.77 Å². The second-order valence-electron chi connectivity index (χ2n) is 6.42. The van der Waals surface area contributed by atoms with Gasteiger partial charge in [0.05, 0.1) is 6.21 Å². The topological polar surface area (TPSA) is 64.4 Å². The van der Waals surface area contributed by atoms with E-state index >= 15 is 0 Å². The van der Waals surface area contributed by atoms with Crippen LogP contribution in [0.4, 0.5) is 0 Å². The zero-order valence-electron chi connectivity index (χ0n) is 16.1. The Kier molecular flexibility index (Phi) is 6.31. The molecule has 1 heterocycles. The Labute approximate surface area is 179 Å². The van der Waals surface area contributed by atoms with Gasteiger partial charge in [-0.3, -0.25) is 0 Å². The molecule has 1 aromatic heterocycles. The molecule has 3 aromatic carbocycles. The molecule has 0 spiro atoms. The standard InChI is InChI=1S/C23H20N4O2S/c30-23-26-25-22(17-28-20-12-5-2-6-13-20)27(23)24-15-19-11-7-8-14-21(19)29-16-18-9-3-1-4-10-18/h1-15H,16-17H2,(H,26,30)/b24-15-. The molecule has 0 aliphatic heterocycles. The summed E-state index contributed by atoms with van der Waals surface area (Å²) in [5.41, 5.74) is 1.94. The molecule has 0 radical (unpaired) electrons. The molecule has 0 bridgehead atoms. The number of para-hydroxylation sites is 2. The molecule has 150 valence electrons. The van der Waals surface area contributed by atoms with Crippen molar-refractivity contribution in [1.29, 1.82) is 0 Å². The summed E-state index contributed by atoms with van der Waals surface area (Å²) in [6.07, 6.45) is 1.71. The van der Waals surface area contributed by atoms with Crippen LogP contribution in [-0.2, 0) is 13.2 Å². The summed E-state index contributed by atoms with van der Waals surface area (Å²) in [4.78, 5) is 0. The Bertz CT molecular complexity index is 1170. The van der Waals surface area contributed by atoms with Crippen molar-refractivity contribution in [1.82, 2.24) is 14.9 Å². The van der Waals surface area contributed by atoms with E-state index in [1.165, 1.54) is 0 Å². The van der Waals surface area contributed by atoms with Gasteiger partial charge in [-0.1, -0.05) is 60.7 Å². The smallest absolute Gasteiger partial charge is 0.216 e. The molecule has 30 heavy (non-hydrogen) atoms. The number of aromatic amines is 1. The SMILES string of the molecule is S=c1[nH]nc(COc2ccccc2)n1/N=C\c1ccccc1OCc1ccccc1. The number of benzene rings is 3. The number of rotatable bonds is 8. The maximum atomic E-state index is 5.98. The average molecular weight is 417 g/mol. The fraction of sp³-hybridized carbons (Fsp3) is 0.0870. The lowest BCUT2D eigenvalue weighted by Crippen LogP contribution is -2.04. The molecule has 0 aliphatic carbocycles. The summed E-state index contributed by atoms with van der Waals surface area (Å²) >= 11 is 5.31. The van der Waals surface area contributed by atoms with Crippen molar-refractivity contribution in [3.05, 3.63) is 107 Å². The first kappa shape index (κ1) is 19.6. The second-order valence-corrected chi connectivity index (χ2v) is 6.80. The van der Waals surface area contributed by atoms with E-state index in [-0.39, 0.29) is 6.61 Å².